The molecule has 0 aromatic carbocycles. The van der Waals surface area contributed by atoms with Crippen LogP contribution in [0.15, 0.2) is 0 Å². The van der Waals surface area contributed by atoms with Gasteiger partial charge in [-0.25, -0.2) is 0 Å². The van der Waals surface area contributed by atoms with Crippen molar-refractivity contribution in [3.8, 4) is 0 Å². The van der Waals surface area contributed by atoms with E-state index in [1.807, 2.05) is 6.92 Å². The van der Waals surface area contributed by atoms with E-state index in [4.69, 9.17) is 0 Å². The first-order valence-electron chi connectivity index (χ1n) is 2.38. The van der Waals surface area contributed by atoms with E-state index in [0.29, 0.717) is 0 Å². The minimum absolute atomic E-state index is 0.788. The molecule has 0 aliphatic rings. The minimum atomic E-state index is -2.16. The Kier molecular flexibility index (Phi) is 4.94. The van der Waals surface area contributed by atoms with Crippen LogP contribution in [0.4, 0.5) is 0 Å². The van der Waals surface area contributed by atoms with Crippen LogP contribution in [-0.4, -0.2) is 7.11 Å². The molecule has 0 aromatic rings. The third-order valence-corrected chi connectivity index (χ3v) is 2.81. The monoisotopic (exact) mass is 138 g/mol. The summed E-state index contributed by atoms with van der Waals surface area (Å²) in [5.74, 6) is 0. The Morgan fingerprint density at radius 2 is 2.29 bits per heavy atom. The van der Waals surface area contributed by atoms with Crippen molar-refractivity contribution >= 4 is 0 Å². The Morgan fingerprint density at radius 3 is 2.43 bits per heavy atom. The second kappa shape index (κ2) is 4.63. The predicted molar refractivity (Wildman–Crippen MR) is 22.8 cm³/mol. The molecule has 0 aliphatic heterocycles. The first kappa shape index (κ1) is 7.47. The Hall–Kier alpha value is 0.474. The SMILES string of the molecule is CC[CH2][Ti](=[O])[O]C. The van der Waals surface area contributed by atoms with Gasteiger partial charge in [-0.05, 0) is 0 Å². The van der Waals surface area contributed by atoms with Crippen molar-refractivity contribution in [2.45, 2.75) is 18.1 Å². The summed E-state index contributed by atoms with van der Waals surface area (Å²) in [5.41, 5.74) is 0. The van der Waals surface area contributed by atoms with Crippen molar-refractivity contribution in [2.24, 2.45) is 0 Å². The van der Waals surface area contributed by atoms with Gasteiger partial charge in [-0.3, -0.25) is 0 Å². The standard InChI is InChI=1S/C3H7.CH3O.O.Ti/c1-3-2;1-2;;/h1,3H2,2H3;1H3;;/q;-1;;+1. The molecule has 0 rings (SSSR count). The van der Waals surface area contributed by atoms with Crippen LogP contribution in [-0.2, 0) is 24.9 Å². The van der Waals surface area contributed by atoms with E-state index in [2.05, 4.69) is 3.32 Å². The number of hydrogen-bond acceptors (Lipinski definition) is 2. The molecule has 0 aromatic heterocycles. The Balaban J connectivity index is 3.00. The van der Waals surface area contributed by atoms with Gasteiger partial charge >= 0.3 is 50.1 Å². The van der Waals surface area contributed by atoms with E-state index in [9.17, 15) is 3.32 Å². The van der Waals surface area contributed by atoms with Gasteiger partial charge < -0.3 is 0 Å². The van der Waals surface area contributed by atoms with Crippen LogP contribution in [0, 0.1) is 0 Å². The quantitative estimate of drug-likeness (QED) is 0.550. The molecular weight excluding hydrogens is 128 g/mol. The molecule has 0 N–H and O–H groups in total. The zero-order chi connectivity index (χ0) is 5.70. The summed E-state index contributed by atoms with van der Waals surface area (Å²) in [5, 5.41) is 0. The van der Waals surface area contributed by atoms with Crippen molar-refractivity contribution in [1.82, 2.24) is 0 Å². The summed E-state index contributed by atoms with van der Waals surface area (Å²) in [6, 6.07) is 0. The molecule has 3 heteroatoms. The van der Waals surface area contributed by atoms with Crippen LogP contribution in [0.3, 0.4) is 0 Å². The third-order valence-electron chi connectivity index (χ3n) is 0.682. The second-order valence-corrected chi connectivity index (χ2v) is 3.91. The summed E-state index contributed by atoms with van der Waals surface area (Å²) in [6.07, 6.45) is 0.979. The van der Waals surface area contributed by atoms with Crippen molar-refractivity contribution in [1.29, 1.82) is 0 Å². The van der Waals surface area contributed by atoms with Gasteiger partial charge in [0.2, 0.25) is 0 Å². The third kappa shape index (κ3) is 4.32. The summed E-state index contributed by atoms with van der Waals surface area (Å²) in [4.78, 5) is 0. The molecule has 0 aliphatic carbocycles. The van der Waals surface area contributed by atoms with E-state index >= 15 is 0 Å². The topological polar surface area (TPSA) is 26.3 Å². The molecule has 0 fully saturated rings. The number of hydrogen-bond donors (Lipinski definition) is 0. The first-order valence-corrected chi connectivity index (χ1v) is 4.76. The van der Waals surface area contributed by atoms with Gasteiger partial charge in [0, 0.05) is 0 Å². The van der Waals surface area contributed by atoms with Crippen molar-refractivity contribution < 1.29 is 24.9 Å². The van der Waals surface area contributed by atoms with Gasteiger partial charge in [0.25, 0.3) is 0 Å². The van der Waals surface area contributed by atoms with Crippen LogP contribution in [0.25, 0.3) is 0 Å². The molecule has 0 amide bonds. The molecule has 0 saturated heterocycles. The summed E-state index contributed by atoms with van der Waals surface area (Å²) < 4.78 is 15.8. The van der Waals surface area contributed by atoms with Gasteiger partial charge in [0.15, 0.2) is 0 Å². The Morgan fingerprint density at radius 1 is 1.71 bits per heavy atom. The molecular formula is C4H10O2Ti. The molecule has 0 unspecified atom stereocenters. The van der Waals surface area contributed by atoms with Crippen LogP contribution >= 0.6 is 0 Å². The summed E-state index contributed by atoms with van der Waals surface area (Å²) in [6.45, 7) is 2.00. The molecule has 0 radical (unpaired) electrons. The van der Waals surface area contributed by atoms with Gasteiger partial charge in [0.05, 0.1) is 0 Å². The van der Waals surface area contributed by atoms with Crippen molar-refractivity contribution in [2.75, 3.05) is 7.11 Å². The van der Waals surface area contributed by atoms with Crippen molar-refractivity contribution in [3.05, 3.63) is 0 Å². The van der Waals surface area contributed by atoms with E-state index < -0.39 is 18.2 Å². The van der Waals surface area contributed by atoms with Gasteiger partial charge in [0.1, 0.15) is 0 Å². The maximum atomic E-state index is 10.4. The predicted octanol–water partition coefficient (Wildman–Crippen LogP) is 1.34. The number of rotatable bonds is 3. The van der Waals surface area contributed by atoms with Gasteiger partial charge in [-0.15, -0.1) is 0 Å². The average molecular weight is 138 g/mol. The fourth-order valence-corrected chi connectivity index (χ4v) is 1.26. The summed E-state index contributed by atoms with van der Waals surface area (Å²) in [7, 11) is 1.51. The molecule has 2 nitrogen and oxygen atoms in total. The zero-order valence-electron chi connectivity index (χ0n) is 4.73. The van der Waals surface area contributed by atoms with E-state index in [0.717, 1.165) is 11.1 Å². The van der Waals surface area contributed by atoms with Gasteiger partial charge in [-0.1, -0.05) is 0 Å². The van der Waals surface area contributed by atoms with Crippen molar-refractivity contribution in [3.63, 3.8) is 0 Å². The van der Waals surface area contributed by atoms with Crippen LogP contribution in [0.2, 0.25) is 4.73 Å². The molecule has 0 saturated carbocycles. The van der Waals surface area contributed by atoms with E-state index in [-0.39, 0.29) is 0 Å². The fourth-order valence-electron chi connectivity index (χ4n) is 0.306. The Bertz CT molecular complexity index is 62.7. The first-order chi connectivity index (χ1) is 3.31. The Labute approximate surface area is 50.5 Å². The molecule has 0 atom stereocenters. The summed E-state index contributed by atoms with van der Waals surface area (Å²) >= 11 is -2.16. The van der Waals surface area contributed by atoms with Crippen LogP contribution in [0.5, 0.6) is 0 Å². The van der Waals surface area contributed by atoms with E-state index in [1.54, 1.807) is 0 Å². The molecule has 7 heavy (non-hydrogen) atoms. The van der Waals surface area contributed by atoms with E-state index in [1.165, 1.54) is 7.11 Å². The molecule has 0 bridgehead atoms. The van der Waals surface area contributed by atoms with Crippen LogP contribution < -0.4 is 0 Å². The normalized spacial score (nSPS) is 8.86. The van der Waals surface area contributed by atoms with Gasteiger partial charge in [-0.2, -0.15) is 0 Å². The second-order valence-electron chi connectivity index (χ2n) is 1.33. The maximum absolute atomic E-state index is 10.4. The fraction of sp³-hybridized carbons (Fsp3) is 1.00. The van der Waals surface area contributed by atoms with Crippen LogP contribution in [0.1, 0.15) is 13.3 Å². The average Bonchev–Trinajstić information content (AvgIpc) is 1.68. The molecule has 0 heterocycles. The zero-order valence-corrected chi connectivity index (χ0v) is 6.29. The molecule has 0 spiro atoms. The molecule has 42 valence electrons.